The second-order valence-electron chi connectivity index (χ2n) is 7.77. The highest BCUT2D eigenvalue weighted by Crippen LogP contribution is 2.33. The lowest BCUT2D eigenvalue weighted by Crippen LogP contribution is -2.39. The van der Waals surface area contributed by atoms with Gasteiger partial charge in [-0.15, -0.1) is 0 Å². The summed E-state index contributed by atoms with van der Waals surface area (Å²) in [6.07, 6.45) is -2.76. The number of aromatic carboxylic acids is 1. The van der Waals surface area contributed by atoms with Gasteiger partial charge in [0.05, 0.1) is 18.9 Å². The van der Waals surface area contributed by atoms with Crippen LogP contribution in [0.25, 0.3) is 0 Å². The predicted octanol–water partition coefficient (Wildman–Crippen LogP) is 3.73. The first-order valence-corrected chi connectivity index (χ1v) is 11.7. The molecule has 0 unspecified atom stereocenters. The number of carboxylic acid groups (broad SMARTS) is 1. The van der Waals surface area contributed by atoms with Crippen LogP contribution in [0, 0.1) is 0 Å². The van der Waals surface area contributed by atoms with Gasteiger partial charge in [-0.25, -0.2) is 17.5 Å². The smallest absolute Gasteiger partial charge is 0.389 e. The van der Waals surface area contributed by atoms with E-state index in [1.54, 1.807) is 0 Å². The van der Waals surface area contributed by atoms with Crippen LogP contribution in [0.4, 0.5) is 18.9 Å². The van der Waals surface area contributed by atoms with Gasteiger partial charge in [-0.1, -0.05) is 19.3 Å². The minimum atomic E-state index is -4.14. The number of sulfonamides is 1. The summed E-state index contributed by atoms with van der Waals surface area (Å²) in [5, 5.41) is 12.6. The number of alkyl halides is 3. The Morgan fingerprint density at radius 2 is 1.81 bits per heavy atom. The molecule has 32 heavy (non-hydrogen) atoms. The van der Waals surface area contributed by atoms with Crippen LogP contribution in [-0.2, 0) is 14.8 Å². The Morgan fingerprint density at radius 3 is 2.34 bits per heavy atom. The molecular formula is C20H29F3N2O6S. The lowest BCUT2D eigenvalue weighted by molar-refractivity contribution is -0.135. The molecule has 1 aromatic rings. The number of benzene rings is 1. The molecule has 0 bridgehead atoms. The molecule has 182 valence electrons. The SMILES string of the molecule is CN(C)S(=O)(=O)c1cc(C(=O)O)c(OC2COC2)cc1NCCCCCCCC(F)(F)F. The van der Waals surface area contributed by atoms with Crippen LogP contribution in [0.15, 0.2) is 17.0 Å². The summed E-state index contributed by atoms with van der Waals surface area (Å²) in [5.41, 5.74) is -0.0662. The molecular weight excluding hydrogens is 453 g/mol. The van der Waals surface area contributed by atoms with E-state index < -0.39 is 28.6 Å². The molecule has 0 atom stereocenters. The van der Waals surface area contributed by atoms with Crippen LogP contribution in [0.1, 0.15) is 48.9 Å². The maximum absolute atomic E-state index is 12.8. The highest BCUT2D eigenvalue weighted by atomic mass is 32.2. The molecule has 0 amide bonds. The first-order chi connectivity index (χ1) is 14.9. The average Bonchev–Trinajstić information content (AvgIpc) is 2.65. The van der Waals surface area contributed by atoms with Gasteiger partial charge in [0.25, 0.3) is 0 Å². The van der Waals surface area contributed by atoms with Crippen molar-refractivity contribution in [1.82, 2.24) is 4.31 Å². The van der Waals surface area contributed by atoms with Crippen molar-refractivity contribution in [2.75, 3.05) is 39.2 Å². The molecule has 1 aromatic carbocycles. The number of unbranched alkanes of at least 4 members (excludes halogenated alkanes) is 4. The minimum Gasteiger partial charge on any atom is -0.485 e. The van der Waals surface area contributed by atoms with Crippen molar-refractivity contribution >= 4 is 21.7 Å². The number of hydrogen-bond donors (Lipinski definition) is 2. The molecule has 2 N–H and O–H groups in total. The first-order valence-electron chi connectivity index (χ1n) is 10.3. The second kappa shape index (κ2) is 11.2. The highest BCUT2D eigenvalue weighted by Gasteiger charge is 2.29. The molecule has 1 aliphatic heterocycles. The van der Waals surface area contributed by atoms with Crippen LogP contribution in [-0.4, -0.2) is 69.9 Å². The third-order valence-electron chi connectivity index (χ3n) is 4.92. The zero-order valence-corrected chi connectivity index (χ0v) is 18.9. The van der Waals surface area contributed by atoms with Crippen molar-refractivity contribution in [3.63, 3.8) is 0 Å². The fourth-order valence-electron chi connectivity index (χ4n) is 3.04. The van der Waals surface area contributed by atoms with Gasteiger partial charge in [0.1, 0.15) is 22.3 Å². The molecule has 1 saturated heterocycles. The van der Waals surface area contributed by atoms with Gasteiger partial charge in [-0.3, -0.25) is 0 Å². The summed E-state index contributed by atoms with van der Waals surface area (Å²) in [6, 6.07) is 2.44. The highest BCUT2D eigenvalue weighted by molar-refractivity contribution is 7.89. The van der Waals surface area contributed by atoms with E-state index in [-0.39, 0.29) is 34.4 Å². The van der Waals surface area contributed by atoms with Crippen molar-refractivity contribution in [2.45, 2.75) is 55.7 Å². The Morgan fingerprint density at radius 1 is 1.19 bits per heavy atom. The summed E-state index contributed by atoms with van der Waals surface area (Å²) in [4.78, 5) is 11.5. The van der Waals surface area contributed by atoms with E-state index in [1.807, 2.05) is 0 Å². The monoisotopic (exact) mass is 482 g/mol. The Kier molecular flexibility index (Phi) is 9.17. The molecule has 0 aromatic heterocycles. The van der Waals surface area contributed by atoms with E-state index in [9.17, 15) is 31.5 Å². The van der Waals surface area contributed by atoms with Gasteiger partial charge >= 0.3 is 12.1 Å². The third kappa shape index (κ3) is 7.52. The largest absolute Gasteiger partial charge is 0.485 e. The van der Waals surface area contributed by atoms with Gasteiger partial charge in [0.15, 0.2) is 0 Å². The molecule has 2 rings (SSSR count). The molecule has 0 radical (unpaired) electrons. The fraction of sp³-hybridized carbons (Fsp3) is 0.650. The minimum absolute atomic E-state index is 0.0400. The number of nitrogens with zero attached hydrogens (tertiary/aromatic N) is 1. The molecule has 1 fully saturated rings. The van der Waals surface area contributed by atoms with Crippen molar-refractivity contribution in [1.29, 1.82) is 0 Å². The van der Waals surface area contributed by atoms with Gasteiger partial charge in [0.2, 0.25) is 10.0 Å². The Bertz CT molecular complexity index is 886. The molecule has 0 spiro atoms. The zero-order chi connectivity index (χ0) is 23.9. The number of halogens is 3. The summed E-state index contributed by atoms with van der Waals surface area (Å²) >= 11 is 0. The summed E-state index contributed by atoms with van der Waals surface area (Å²) in [5.74, 6) is -1.28. The average molecular weight is 483 g/mol. The topological polar surface area (TPSA) is 105 Å². The van der Waals surface area contributed by atoms with Crippen molar-refractivity contribution in [3.8, 4) is 5.75 Å². The standard InChI is InChI=1S/C20H29F3N2O6S/c1-25(2)32(28,29)18-10-15(19(26)27)17(31-14-12-30-13-14)11-16(18)24-9-7-5-3-4-6-8-20(21,22)23/h10-11,14,24H,3-9,12-13H2,1-2H3,(H,26,27). The van der Waals surface area contributed by atoms with E-state index in [0.717, 1.165) is 10.4 Å². The quantitative estimate of drug-likeness (QED) is 0.413. The van der Waals surface area contributed by atoms with Crippen LogP contribution in [0.3, 0.4) is 0 Å². The third-order valence-corrected chi connectivity index (χ3v) is 6.78. The number of rotatable bonds is 13. The van der Waals surface area contributed by atoms with Gasteiger partial charge in [-0.05, 0) is 18.9 Å². The molecule has 12 heteroatoms. The lowest BCUT2D eigenvalue weighted by Gasteiger charge is -2.28. The first kappa shape index (κ1) is 26.2. The summed E-state index contributed by atoms with van der Waals surface area (Å²) in [7, 11) is -1.26. The molecule has 8 nitrogen and oxygen atoms in total. The lowest BCUT2D eigenvalue weighted by atomic mass is 10.1. The number of nitrogens with one attached hydrogen (secondary N) is 1. The maximum atomic E-state index is 12.8. The van der Waals surface area contributed by atoms with E-state index in [4.69, 9.17) is 9.47 Å². The Hall–Kier alpha value is -2.05. The fourth-order valence-corrected chi connectivity index (χ4v) is 4.11. The molecule has 1 aliphatic rings. The number of carbonyl (C=O) groups is 1. The van der Waals surface area contributed by atoms with Crippen LogP contribution in [0.5, 0.6) is 5.75 Å². The summed E-state index contributed by atoms with van der Waals surface area (Å²) in [6.45, 7) is 0.995. The second-order valence-corrected chi connectivity index (χ2v) is 9.89. The predicted molar refractivity (Wildman–Crippen MR) is 112 cm³/mol. The molecule has 0 aliphatic carbocycles. The van der Waals surface area contributed by atoms with Crippen molar-refractivity contribution < 1.29 is 41.0 Å². The van der Waals surface area contributed by atoms with Crippen molar-refractivity contribution in [3.05, 3.63) is 17.7 Å². The van der Waals surface area contributed by atoms with E-state index in [2.05, 4.69) is 5.32 Å². The maximum Gasteiger partial charge on any atom is 0.389 e. The van der Waals surface area contributed by atoms with Gasteiger partial charge < -0.3 is 19.9 Å². The zero-order valence-electron chi connectivity index (χ0n) is 18.1. The molecule has 0 saturated carbocycles. The van der Waals surface area contributed by atoms with E-state index >= 15 is 0 Å². The summed E-state index contributed by atoms with van der Waals surface area (Å²) < 4.78 is 73.7. The Balaban J connectivity index is 2.09. The van der Waals surface area contributed by atoms with Gasteiger partial charge in [-0.2, -0.15) is 13.2 Å². The van der Waals surface area contributed by atoms with Crippen LogP contribution >= 0.6 is 0 Å². The van der Waals surface area contributed by atoms with Gasteiger partial charge in [0, 0.05) is 33.1 Å². The molecule has 1 heterocycles. The van der Waals surface area contributed by atoms with E-state index in [0.29, 0.717) is 45.4 Å². The van der Waals surface area contributed by atoms with Crippen LogP contribution in [0.2, 0.25) is 0 Å². The normalized spacial score (nSPS) is 14.9. The van der Waals surface area contributed by atoms with E-state index in [1.165, 1.54) is 20.2 Å². The number of hydrogen-bond acceptors (Lipinski definition) is 6. The number of carboxylic acids is 1. The number of ether oxygens (including phenoxy) is 2. The Labute approximate surface area is 185 Å². The van der Waals surface area contributed by atoms with Crippen LogP contribution < -0.4 is 10.1 Å². The number of anilines is 1. The van der Waals surface area contributed by atoms with Crippen molar-refractivity contribution in [2.24, 2.45) is 0 Å².